The molecule has 2 aromatic heterocycles. The molecule has 0 saturated carbocycles. The van der Waals surface area contributed by atoms with Crippen LogP contribution in [0.1, 0.15) is 16.2 Å². The van der Waals surface area contributed by atoms with E-state index < -0.39 is 5.91 Å². The van der Waals surface area contributed by atoms with E-state index in [-0.39, 0.29) is 22.1 Å². The molecule has 0 fully saturated rings. The molecule has 2 heterocycles. The Balaban J connectivity index is 2.18. The van der Waals surface area contributed by atoms with Gasteiger partial charge in [0.05, 0.1) is 0 Å². The summed E-state index contributed by atoms with van der Waals surface area (Å²) in [5.41, 5.74) is 0.651. The molecule has 0 atom stereocenters. The van der Waals surface area contributed by atoms with Crippen LogP contribution < -0.4 is 5.32 Å². The van der Waals surface area contributed by atoms with Gasteiger partial charge in [-0.05, 0) is 36.7 Å². The molecule has 5 nitrogen and oxygen atoms in total. The summed E-state index contributed by atoms with van der Waals surface area (Å²) in [6.45, 7) is 1.74. The summed E-state index contributed by atoms with van der Waals surface area (Å²) in [5, 5.41) is 2.85. The number of amides is 1. The molecule has 2 aromatic rings. The number of halogens is 2. The minimum Gasteiger partial charge on any atom is -0.440 e. The number of hydrogen-bond donors (Lipinski definition) is 1. The quantitative estimate of drug-likeness (QED) is 0.853. The summed E-state index contributed by atoms with van der Waals surface area (Å²) >= 11 is 11.3. The van der Waals surface area contributed by atoms with E-state index in [1.807, 2.05) is 0 Å². The zero-order valence-corrected chi connectivity index (χ0v) is 10.2. The van der Waals surface area contributed by atoms with Crippen molar-refractivity contribution in [3.8, 4) is 0 Å². The van der Waals surface area contributed by atoms with E-state index >= 15 is 0 Å². The number of furan rings is 1. The number of anilines is 1. The van der Waals surface area contributed by atoms with Crippen LogP contribution in [0, 0.1) is 6.92 Å². The number of carbonyl (C=O) groups is 1. The largest absolute Gasteiger partial charge is 0.440 e. The van der Waals surface area contributed by atoms with Gasteiger partial charge in [0.2, 0.25) is 5.95 Å². The highest BCUT2D eigenvalue weighted by molar-refractivity contribution is 6.29. The summed E-state index contributed by atoms with van der Waals surface area (Å²) in [5.74, 6) is -0.290. The van der Waals surface area contributed by atoms with Gasteiger partial charge in [0.25, 0.3) is 5.91 Å². The third kappa shape index (κ3) is 2.95. The van der Waals surface area contributed by atoms with Crippen molar-refractivity contribution in [2.45, 2.75) is 6.92 Å². The van der Waals surface area contributed by atoms with Gasteiger partial charge in [-0.2, -0.15) is 0 Å². The molecule has 0 aliphatic heterocycles. The number of aryl methyl sites for hydroxylation is 1. The molecule has 17 heavy (non-hydrogen) atoms. The van der Waals surface area contributed by atoms with Crippen molar-refractivity contribution in [1.29, 1.82) is 0 Å². The molecule has 0 spiro atoms. The Labute approximate surface area is 107 Å². The monoisotopic (exact) mass is 271 g/mol. The van der Waals surface area contributed by atoms with E-state index in [9.17, 15) is 4.79 Å². The Bertz CT molecular complexity index is 548. The minimum atomic E-state index is -0.487. The zero-order valence-electron chi connectivity index (χ0n) is 8.70. The van der Waals surface area contributed by atoms with E-state index in [2.05, 4.69) is 15.3 Å². The van der Waals surface area contributed by atoms with Crippen LogP contribution in [0.2, 0.25) is 10.4 Å². The van der Waals surface area contributed by atoms with Crippen LogP contribution in [-0.4, -0.2) is 15.9 Å². The molecule has 7 heteroatoms. The lowest BCUT2D eigenvalue weighted by atomic mass is 10.4. The maximum atomic E-state index is 11.7. The second-order valence-corrected chi connectivity index (χ2v) is 3.97. The fourth-order valence-electron chi connectivity index (χ4n) is 1.19. The van der Waals surface area contributed by atoms with Crippen LogP contribution in [-0.2, 0) is 0 Å². The van der Waals surface area contributed by atoms with Gasteiger partial charge < -0.3 is 4.42 Å². The number of carbonyl (C=O) groups excluding carboxylic acids is 1. The minimum absolute atomic E-state index is 0.0798. The molecule has 0 saturated heterocycles. The highest BCUT2D eigenvalue weighted by Crippen LogP contribution is 2.15. The van der Waals surface area contributed by atoms with Crippen LogP contribution in [0.3, 0.4) is 0 Å². The van der Waals surface area contributed by atoms with Crippen LogP contribution in [0.5, 0.6) is 0 Å². The second kappa shape index (κ2) is 4.73. The molecule has 1 N–H and O–H groups in total. The molecule has 0 aliphatic rings. The van der Waals surface area contributed by atoms with Crippen molar-refractivity contribution in [2.75, 3.05) is 5.32 Å². The van der Waals surface area contributed by atoms with Crippen LogP contribution in [0.15, 0.2) is 22.6 Å². The topological polar surface area (TPSA) is 68.0 Å². The lowest BCUT2D eigenvalue weighted by molar-refractivity contribution is 0.0996. The van der Waals surface area contributed by atoms with Gasteiger partial charge in [0.1, 0.15) is 5.15 Å². The smallest absolute Gasteiger partial charge is 0.293 e. The van der Waals surface area contributed by atoms with Crippen LogP contribution in [0.4, 0.5) is 5.95 Å². The highest BCUT2D eigenvalue weighted by atomic mass is 35.5. The molecule has 0 radical (unpaired) electrons. The first kappa shape index (κ1) is 11.9. The zero-order chi connectivity index (χ0) is 12.4. The van der Waals surface area contributed by atoms with Gasteiger partial charge in [0.15, 0.2) is 11.0 Å². The van der Waals surface area contributed by atoms with Crippen molar-refractivity contribution in [3.05, 3.63) is 40.0 Å². The number of nitrogens with zero attached hydrogens (tertiary/aromatic N) is 2. The van der Waals surface area contributed by atoms with Crippen molar-refractivity contribution >= 4 is 35.1 Å². The SMILES string of the molecule is Cc1cc(Cl)nc(NC(=O)c2ccc(Cl)o2)n1. The van der Waals surface area contributed by atoms with Gasteiger partial charge in [-0.3, -0.25) is 10.1 Å². The summed E-state index contributed by atoms with van der Waals surface area (Å²) in [7, 11) is 0. The van der Waals surface area contributed by atoms with E-state index in [1.165, 1.54) is 12.1 Å². The Kier molecular flexibility index (Phi) is 3.31. The van der Waals surface area contributed by atoms with E-state index in [0.717, 1.165) is 0 Å². The number of aromatic nitrogens is 2. The Morgan fingerprint density at radius 2 is 2.12 bits per heavy atom. The van der Waals surface area contributed by atoms with Gasteiger partial charge in [0, 0.05) is 5.69 Å². The molecule has 0 aliphatic carbocycles. The summed E-state index contributed by atoms with van der Waals surface area (Å²) in [6.07, 6.45) is 0. The standard InChI is InChI=1S/C10H7Cl2N3O2/c1-5-4-7(11)14-10(13-5)15-9(16)6-2-3-8(12)17-6/h2-4H,1H3,(H,13,14,15,16). The molecule has 1 amide bonds. The van der Waals surface area contributed by atoms with Crippen molar-refractivity contribution in [1.82, 2.24) is 9.97 Å². The average molecular weight is 272 g/mol. The Morgan fingerprint density at radius 3 is 2.71 bits per heavy atom. The van der Waals surface area contributed by atoms with Crippen LogP contribution in [0.25, 0.3) is 0 Å². The normalized spacial score (nSPS) is 10.3. The molecular formula is C10H7Cl2N3O2. The maximum Gasteiger partial charge on any atom is 0.293 e. The molecular weight excluding hydrogens is 265 g/mol. The summed E-state index contributed by atoms with van der Waals surface area (Å²) in [4.78, 5) is 19.5. The molecule has 0 bridgehead atoms. The van der Waals surface area contributed by atoms with Gasteiger partial charge in [-0.1, -0.05) is 11.6 Å². The Morgan fingerprint density at radius 1 is 1.35 bits per heavy atom. The van der Waals surface area contributed by atoms with Crippen LogP contribution >= 0.6 is 23.2 Å². The van der Waals surface area contributed by atoms with Crippen molar-refractivity contribution in [3.63, 3.8) is 0 Å². The average Bonchev–Trinajstić information content (AvgIpc) is 2.63. The fraction of sp³-hybridized carbons (Fsp3) is 0.100. The first-order valence-corrected chi connectivity index (χ1v) is 5.38. The van der Waals surface area contributed by atoms with Gasteiger partial charge in [-0.15, -0.1) is 0 Å². The highest BCUT2D eigenvalue weighted by Gasteiger charge is 2.12. The summed E-state index contributed by atoms with van der Waals surface area (Å²) < 4.78 is 4.94. The number of nitrogens with one attached hydrogen (secondary N) is 1. The van der Waals surface area contributed by atoms with E-state index in [0.29, 0.717) is 5.69 Å². The molecule has 0 unspecified atom stereocenters. The first-order chi connectivity index (χ1) is 8.04. The number of rotatable bonds is 2. The lowest BCUT2D eigenvalue weighted by Gasteiger charge is -2.02. The van der Waals surface area contributed by atoms with E-state index in [4.69, 9.17) is 27.6 Å². The molecule has 2 rings (SSSR count). The van der Waals surface area contributed by atoms with Crippen molar-refractivity contribution in [2.24, 2.45) is 0 Å². The maximum absolute atomic E-state index is 11.7. The van der Waals surface area contributed by atoms with Crippen molar-refractivity contribution < 1.29 is 9.21 Å². The first-order valence-electron chi connectivity index (χ1n) is 4.62. The second-order valence-electron chi connectivity index (χ2n) is 3.21. The lowest BCUT2D eigenvalue weighted by Crippen LogP contribution is -2.13. The van der Waals surface area contributed by atoms with Gasteiger partial charge >= 0.3 is 0 Å². The third-order valence-electron chi connectivity index (χ3n) is 1.85. The van der Waals surface area contributed by atoms with Gasteiger partial charge in [-0.25, -0.2) is 9.97 Å². The fourth-order valence-corrected chi connectivity index (χ4v) is 1.57. The predicted octanol–water partition coefficient (Wildman–Crippen LogP) is 2.94. The molecule has 0 aromatic carbocycles. The third-order valence-corrected chi connectivity index (χ3v) is 2.24. The Hall–Kier alpha value is -1.59. The summed E-state index contributed by atoms with van der Waals surface area (Å²) in [6, 6.07) is 4.51. The predicted molar refractivity (Wildman–Crippen MR) is 63.5 cm³/mol. The molecule has 88 valence electrons. The van der Waals surface area contributed by atoms with E-state index in [1.54, 1.807) is 13.0 Å². The number of hydrogen-bond acceptors (Lipinski definition) is 4.